The number of benzene rings is 1. The van der Waals surface area contributed by atoms with Crippen LogP contribution in [-0.2, 0) is 4.79 Å². The van der Waals surface area contributed by atoms with Crippen molar-refractivity contribution in [1.29, 1.82) is 0 Å². The van der Waals surface area contributed by atoms with Gasteiger partial charge in [-0.15, -0.1) is 0 Å². The highest BCUT2D eigenvalue weighted by molar-refractivity contribution is 5.78. The minimum absolute atomic E-state index is 0.0235. The number of nitrogens with one attached hydrogen (secondary N) is 1. The molecule has 4 nitrogen and oxygen atoms in total. The molecule has 3 N–H and O–H groups in total. The van der Waals surface area contributed by atoms with Crippen molar-refractivity contribution >= 4 is 5.91 Å². The van der Waals surface area contributed by atoms with E-state index in [2.05, 4.69) is 17.4 Å². The van der Waals surface area contributed by atoms with Crippen LogP contribution < -0.4 is 11.1 Å². The number of nitrogens with two attached hydrogens (primary N) is 1. The van der Waals surface area contributed by atoms with Crippen molar-refractivity contribution in [2.24, 2.45) is 5.73 Å². The van der Waals surface area contributed by atoms with Crippen LogP contribution in [0.15, 0.2) is 30.3 Å². The minimum atomic E-state index is 0.0235. The molecular formula is C12H17N3O. The molecule has 1 unspecified atom stereocenters. The van der Waals surface area contributed by atoms with Gasteiger partial charge in [-0.2, -0.15) is 0 Å². The Bertz CT molecular complexity index is 353. The van der Waals surface area contributed by atoms with Gasteiger partial charge in [0.05, 0.1) is 12.6 Å². The fourth-order valence-electron chi connectivity index (χ4n) is 2.09. The molecule has 1 aromatic carbocycles. The summed E-state index contributed by atoms with van der Waals surface area (Å²) in [5.74, 6) is 0.0235. The van der Waals surface area contributed by atoms with Gasteiger partial charge in [-0.25, -0.2) is 0 Å². The van der Waals surface area contributed by atoms with Gasteiger partial charge in [-0.3, -0.25) is 4.79 Å². The molecule has 1 amide bonds. The molecule has 16 heavy (non-hydrogen) atoms. The summed E-state index contributed by atoms with van der Waals surface area (Å²) in [6, 6.07) is 10.2. The summed E-state index contributed by atoms with van der Waals surface area (Å²) in [5.41, 5.74) is 6.59. The highest BCUT2D eigenvalue weighted by Gasteiger charge is 2.26. The zero-order valence-corrected chi connectivity index (χ0v) is 9.23. The molecule has 0 bridgehead atoms. The highest BCUT2D eigenvalue weighted by Crippen LogP contribution is 2.21. The number of carbonyl (C=O) groups is 1. The number of hydrogen-bond donors (Lipinski definition) is 2. The number of hydrogen-bond acceptors (Lipinski definition) is 3. The lowest BCUT2D eigenvalue weighted by atomic mass is 10.0. The molecule has 1 aromatic rings. The Morgan fingerprint density at radius 3 is 2.88 bits per heavy atom. The van der Waals surface area contributed by atoms with Gasteiger partial charge in [0.25, 0.3) is 0 Å². The van der Waals surface area contributed by atoms with Crippen LogP contribution in [0.5, 0.6) is 0 Å². The summed E-state index contributed by atoms with van der Waals surface area (Å²) >= 11 is 0. The Kier molecular flexibility index (Phi) is 3.54. The fraction of sp³-hybridized carbons (Fsp3) is 0.417. The van der Waals surface area contributed by atoms with Crippen molar-refractivity contribution in [3.8, 4) is 0 Å². The summed E-state index contributed by atoms with van der Waals surface area (Å²) < 4.78 is 0. The molecule has 4 heteroatoms. The normalized spacial score (nSPS) is 20.8. The average molecular weight is 219 g/mol. The summed E-state index contributed by atoms with van der Waals surface area (Å²) in [5, 5.41) is 3.31. The van der Waals surface area contributed by atoms with Crippen molar-refractivity contribution in [2.75, 3.05) is 26.2 Å². The van der Waals surface area contributed by atoms with E-state index in [1.165, 1.54) is 0 Å². The highest BCUT2D eigenvalue weighted by atomic mass is 16.2. The average Bonchev–Trinajstić information content (AvgIpc) is 2.39. The van der Waals surface area contributed by atoms with Gasteiger partial charge in [0.1, 0.15) is 0 Å². The predicted molar refractivity (Wildman–Crippen MR) is 62.8 cm³/mol. The van der Waals surface area contributed by atoms with Crippen LogP contribution in [0.25, 0.3) is 0 Å². The number of piperazine rings is 1. The first-order valence-electron chi connectivity index (χ1n) is 5.58. The van der Waals surface area contributed by atoms with E-state index < -0.39 is 0 Å². The number of nitrogens with zero attached hydrogens (tertiary/aromatic N) is 1. The smallest absolute Gasteiger partial charge is 0.236 e. The molecule has 2 rings (SSSR count). The molecule has 0 saturated carbocycles. The predicted octanol–water partition coefficient (Wildman–Crippen LogP) is 0.118. The number of rotatable bonds is 2. The van der Waals surface area contributed by atoms with Crippen LogP contribution in [0, 0.1) is 0 Å². The van der Waals surface area contributed by atoms with Crippen molar-refractivity contribution < 1.29 is 4.79 Å². The van der Waals surface area contributed by atoms with Crippen LogP contribution in [0.2, 0.25) is 0 Å². The molecule has 86 valence electrons. The third-order valence-electron chi connectivity index (χ3n) is 2.92. The van der Waals surface area contributed by atoms with E-state index >= 15 is 0 Å². The van der Waals surface area contributed by atoms with E-state index in [9.17, 15) is 4.79 Å². The summed E-state index contributed by atoms with van der Waals surface area (Å²) in [7, 11) is 0. The minimum Gasteiger partial charge on any atom is -0.332 e. The summed E-state index contributed by atoms with van der Waals surface area (Å²) in [4.78, 5) is 13.6. The fourth-order valence-corrected chi connectivity index (χ4v) is 2.09. The Balaban J connectivity index is 2.20. The van der Waals surface area contributed by atoms with Crippen molar-refractivity contribution in [3.05, 3.63) is 35.9 Å². The molecule has 1 aliphatic heterocycles. The first-order chi connectivity index (χ1) is 7.83. The van der Waals surface area contributed by atoms with Gasteiger partial charge in [0.15, 0.2) is 0 Å². The standard InChI is InChI=1S/C12H17N3O/c13-8-12(16)15-7-6-14-9-11(15)10-4-2-1-3-5-10/h1-5,11,14H,6-9,13H2. The first-order valence-corrected chi connectivity index (χ1v) is 5.58. The Hall–Kier alpha value is -1.39. The van der Waals surface area contributed by atoms with Gasteiger partial charge < -0.3 is 16.0 Å². The van der Waals surface area contributed by atoms with Crippen LogP contribution in [0.3, 0.4) is 0 Å². The van der Waals surface area contributed by atoms with Crippen LogP contribution >= 0.6 is 0 Å². The van der Waals surface area contributed by atoms with E-state index in [4.69, 9.17) is 5.73 Å². The van der Waals surface area contributed by atoms with Gasteiger partial charge in [0, 0.05) is 19.6 Å². The lowest BCUT2D eigenvalue weighted by Gasteiger charge is -2.36. The third kappa shape index (κ3) is 2.23. The van der Waals surface area contributed by atoms with Crippen LogP contribution in [0.4, 0.5) is 0 Å². The molecular weight excluding hydrogens is 202 g/mol. The quantitative estimate of drug-likeness (QED) is 0.742. The molecule has 0 radical (unpaired) electrons. The lowest BCUT2D eigenvalue weighted by molar-refractivity contribution is -0.133. The second-order valence-corrected chi connectivity index (χ2v) is 3.92. The SMILES string of the molecule is NCC(=O)N1CCNCC1c1ccccc1. The van der Waals surface area contributed by atoms with Crippen molar-refractivity contribution in [3.63, 3.8) is 0 Å². The molecule has 0 spiro atoms. The van der Waals surface area contributed by atoms with E-state index in [1.54, 1.807) is 0 Å². The summed E-state index contributed by atoms with van der Waals surface area (Å²) in [6.07, 6.45) is 0. The second-order valence-electron chi connectivity index (χ2n) is 3.92. The molecule has 0 aromatic heterocycles. The van der Waals surface area contributed by atoms with E-state index in [0.717, 1.165) is 25.2 Å². The lowest BCUT2D eigenvalue weighted by Crippen LogP contribution is -2.50. The monoisotopic (exact) mass is 219 g/mol. The first kappa shape index (κ1) is 11.1. The largest absolute Gasteiger partial charge is 0.332 e. The van der Waals surface area contributed by atoms with E-state index in [1.807, 2.05) is 23.1 Å². The number of carbonyl (C=O) groups excluding carboxylic acids is 1. The maximum absolute atomic E-state index is 11.7. The number of amides is 1. The molecule has 1 aliphatic rings. The van der Waals surface area contributed by atoms with Gasteiger partial charge in [0.2, 0.25) is 5.91 Å². The van der Waals surface area contributed by atoms with Gasteiger partial charge in [-0.1, -0.05) is 30.3 Å². The zero-order valence-electron chi connectivity index (χ0n) is 9.23. The van der Waals surface area contributed by atoms with Crippen molar-refractivity contribution in [1.82, 2.24) is 10.2 Å². The van der Waals surface area contributed by atoms with Crippen LogP contribution in [0.1, 0.15) is 11.6 Å². The van der Waals surface area contributed by atoms with Crippen LogP contribution in [-0.4, -0.2) is 37.0 Å². The zero-order chi connectivity index (χ0) is 11.4. The molecule has 1 saturated heterocycles. The molecule has 1 heterocycles. The second kappa shape index (κ2) is 5.09. The maximum Gasteiger partial charge on any atom is 0.236 e. The van der Waals surface area contributed by atoms with E-state index in [0.29, 0.717) is 0 Å². The molecule has 1 fully saturated rings. The van der Waals surface area contributed by atoms with E-state index in [-0.39, 0.29) is 18.5 Å². The van der Waals surface area contributed by atoms with Crippen molar-refractivity contribution in [2.45, 2.75) is 6.04 Å². The Labute approximate surface area is 95.4 Å². The Morgan fingerprint density at radius 1 is 1.44 bits per heavy atom. The summed E-state index contributed by atoms with van der Waals surface area (Å²) in [6.45, 7) is 2.46. The molecule has 1 atom stereocenters. The van der Waals surface area contributed by atoms with Gasteiger partial charge >= 0.3 is 0 Å². The Morgan fingerprint density at radius 2 is 2.19 bits per heavy atom. The maximum atomic E-state index is 11.7. The van der Waals surface area contributed by atoms with Gasteiger partial charge in [-0.05, 0) is 5.56 Å². The third-order valence-corrected chi connectivity index (χ3v) is 2.92. The molecule has 0 aliphatic carbocycles. The topological polar surface area (TPSA) is 58.4 Å².